The molecule has 1 aromatic heterocycles. The van der Waals surface area contributed by atoms with Crippen molar-refractivity contribution in [3.05, 3.63) is 36.2 Å². The Bertz CT molecular complexity index is 796. The normalized spacial score (nSPS) is 16.8. The number of aromatic nitrogens is 2. The largest absolute Gasteiger partial charge is 0.494 e. The third-order valence-corrected chi connectivity index (χ3v) is 4.26. The second kappa shape index (κ2) is 8.01. The molecule has 1 saturated heterocycles. The van der Waals surface area contributed by atoms with Gasteiger partial charge >= 0.3 is 0 Å². The number of benzene rings is 1. The number of ether oxygens (including phenoxy) is 1. The molecule has 138 valence electrons. The predicted octanol–water partition coefficient (Wildman–Crippen LogP) is 2.03. The van der Waals surface area contributed by atoms with E-state index < -0.39 is 0 Å². The van der Waals surface area contributed by atoms with E-state index in [1.165, 1.54) is 14.0 Å². The first-order valence-electron chi connectivity index (χ1n) is 8.59. The number of piperidine rings is 1. The number of amides is 2. The zero-order chi connectivity index (χ0) is 18.5. The van der Waals surface area contributed by atoms with E-state index in [1.807, 2.05) is 10.9 Å². The van der Waals surface area contributed by atoms with E-state index in [2.05, 4.69) is 21.0 Å². The maximum Gasteiger partial charge on any atom is 0.276 e. The maximum absolute atomic E-state index is 12.5. The van der Waals surface area contributed by atoms with Gasteiger partial charge in [0.2, 0.25) is 5.91 Å². The quantitative estimate of drug-likeness (QED) is 0.761. The number of carbonyl (C=O) groups is 2. The van der Waals surface area contributed by atoms with Crippen LogP contribution in [0.15, 0.2) is 30.5 Å². The Kier molecular flexibility index (Phi) is 5.52. The smallest absolute Gasteiger partial charge is 0.276 e. The highest BCUT2D eigenvalue weighted by Crippen LogP contribution is 2.28. The van der Waals surface area contributed by atoms with Crippen molar-refractivity contribution in [1.82, 2.24) is 15.1 Å². The highest BCUT2D eigenvalue weighted by Gasteiger charge is 2.18. The van der Waals surface area contributed by atoms with E-state index in [0.717, 1.165) is 25.9 Å². The van der Waals surface area contributed by atoms with E-state index in [-0.39, 0.29) is 17.9 Å². The zero-order valence-electron chi connectivity index (χ0n) is 14.9. The molecule has 2 aromatic rings. The van der Waals surface area contributed by atoms with E-state index in [0.29, 0.717) is 22.8 Å². The fourth-order valence-electron chi connectivity index (χ4n) is 2.98. The summed E-state index contributed by atoms with van der Waals surface area (Å²) in [4.78, 5) is 23.7. The molecule has 0 spiro atoms. The lowest BCUT2D eigenvalue weighted by Gasteiger charge is -2.22. The van der Waals surface area contributed by atoms with Crippen LogP contribution in [0.2, 0.25) is 0 Å². The van der Waals surface area contributed by atoms with Crippen molar-refractivity contribution in [2.45, 2.75) is 25.8 Å². The van der Waals surface area contributed by atoms with Crippen LogP contribution in [0.3, 0.4) is 0 Å². The number of rotatable bonds is 5. The molecule has 1 aliphatic heterocycles. The topological polar surface area (TPSA) is 97.3 Å². The molecule has 1 aromatic carbocycles. The van der Waals surface area contributed by atoms with Crippen LogP contribution in [0, 0.1) is 0 Å². The maximum atomic E-state index is 12.5. The molecule has 8 heteroatoms. The summed E-state index contributed by atoms with van der Waals surface area (Å²) in [6.07, 6.45) is 4.00. The molecule has 0 bridgehead atoms. The zero-order valence-corrected chi connectivity index (χ0v) is 14.9. The molecule has 3 N–H and O–H groups in total. The summed E-state index contributed by atoms with van der Waals surface area (Å²) in [6, 6.07) is 7.04. The average molecular weight is 357 g/mol. The predicted molar refractivity (Wildman–Crippen MR) is 98.6 cm³/mol. The molecule has 1 fully saturated rings. The van der Waals surface area contributed by atoms with E-state index in [1.54, 1.807) is 24.3 Å². The van der Waals surface area contributed by atoms with Gasteiger partial charge in [0.15, 0.2) is 5.69 Å². The molecule has 2 heterocycles. The minimum atomic E-state index is -0.290. The molecule has 1 atom stereocenters. The summed E-state index contributed by atoms with van der Waals surface area (Å²) in [5, 5.41) is 13.2. The van der Waals surface area contributed by atoms with Crippen molar-refractivity contribution in [3.8, 4) is 5.75 Å². The molecule has 3 rings (SSSR count). The fourth-order valence-corrected chi connectivity index (χ4v) is 2.98. The molecule has 26 heavy (non-hydrogen) atoms. The van der Waals surface area contributed by atoms with Crippen LogP contribution >= 0.6 is 0 Å². The van der Waals surface area contributed by atoms with E-state index in [9.17, 15) is 9.59 Å². The second-order valence-electron chi connectivity index (χ2n) is 6.23. The number of anilines is 2. The van der Waals surface area contributed by atoms with Gasteiger partial charge in [-0.2, -0.15) is 5.10 Å². The van der Waals surface area contributed by atoms with Crippen LogP contribution in [-0.4, -0.2) is 41.8 Å². The third-order valence-electron chi connectivity index (χ3n) is 4.26. The number of hydrogen-bond donors (Lipinski definition) is 3. The van der Waals surface area contributed by atoms with Crippen LogP contribution in [0.25, 0.3) is 0 Å². The lowest BCUT2D eigenvalue weighted by molar-refractivity contribution is -0.114. The van der Waals surface area contributed by atoms with Gasteiger partial charge in [0.1, 0.15) is 5.75 Å². The summed E-state index contributed by atoms with van der Waals surface area (Å²) in [7, 11) is 1.51. The highest BCUT2D eigenvalue weighted by atomic mass is 16.5. The number of nitrogens with zero attached hydrogens (tertiary/aromatic N) is 2. The van der Waals surface area contributed by atoms with Crippen molar-refractivity contribution < 1.29 is 14.3 Å². The number of hydrogen-bond acceptors (Lipinski definition) is 5. The summed E-state index contributed by atoms with van der Waals surface area (Å²) >= 11 is 0. The van der Waals surface area contributed by atoms with Gasteiger partial charge in [0, 0.05) is 31.4 Å². The van der Waals surface area contributed by atoms with Gasteiger partial charge in [-0.15, -0.1) is 0 Å². The summed E-state index contributed by atoms with van der Waals surface area (Å²) in [5.41, 5.74) is 1.47. The Morgan fingerprint density at radius 2 is 2.15 bits per heavy atom. The van der Waals surface area contributed by atoms with Gasteiger partial charge in [0.25, 0.3) is 5.91 Å². The van der Waals surface area contributed by atoms with Gasteiger partial charge in [-0.1, -0.05) is 0 Å². The van der Waals surface area contributed by atoms with Gasteiger partial charge in [-0.25, -0.2) is 0 Å². The summed E-state index contributed by atoms with van der Waals surface area (Å²) < 4.78 is 7.11. The molecular formula is C18H23N5O3. The molecule has 0 radical (unpaired) electrons. The Morgan fingerprint density at radius 1 is 1.31 bits per heavy atom. The van der Waals surface area contributed by atoms with Crippen molar-refractivity contribution in [2.24, 2.45) is 0 Å². The monoisotopic (exact) mass is 357 g/mol. The van der Waals surface area contributed by atoms with Crippen LogP contribution in [-0.2, 0) is 4.79 Å². The Labute approximate surface area is 151 Å². The molecule has 0 saturated carbocycles. The van der Waals surface area contributed by atoms with Crippen molar-refractivity contribution in [1.29, 1.82) is 0 Å². The van der Waals surface area contributed by atoms with Gasteiger partial charge < -0.3 is 20.7 Å². The van der Waals surface area contributed by atoms with Crippen molar-refractivity contribution >= 4 is 23.2 Å². The third kappa shape index (κ3) is 4.20. The number of nitrogens with one attached hydrogen (secondary N) is 3. The molecular weight excluding hydrogens is 334 g/mol. The lowest BCUT2D eigenvalue weighted by Crippen LogP contribution is -2.32. The molecule has 8 nitrogen and oxygen atoms in total. The van der Waals surface area contributed by atoms with Gasteiger partial charge in [-0.05, 0) is 37.6 Å². The SMILES string of the molecule is COc1cc(NC(=O)c2ccn(C3CCCNC3)n2)ccc1NC(C)=O. The van der Waals surface area contributed by atoms with Crippen LogP contribution in [0.5, 0.6) is 5.75 Å². The first-order chi connectivity index (χ1) is 12.6. The minimum Gasteiger partial charge on any atom is -0.494 e. The van der Waals surface area contributed by atoms with Crippen LogP contribution < -0.4 is 20.7 Å². The first kappa shape index (κ1) is 17.9. The van der Waals surface area contributed by atoms with Crippen LogP contribution in [0.1, 0.15) is 36.3 Å². The number of carbonyl (C=O) groups excluding carboxylic acids is 2. The highest BCUT2D eigenvalue weighted by molar-refractivity contribution is 6.03. The molecule has 0 aliphatic carbocycles. The lowest BCUT2D eigenvalue weighted by atomic mass is 10.1. The standard InChI is InChI=1S/C18H23N5O3/c1-12(24)20-15-6-5-13(10-17(15)26-2)21-18(25)16-7-9-23(22-16)14-4-3-8-19-11-14/h5-7,9-10,14,19H,3-4,8,11H2,1-2H3,(H,20,24)(H,21,25). The summed E-state index contributed by atoms with van der Waals surface area (Å²) in [5.74, 6) is -0.0125. The number of methoxy groups -OCH3 is 1. The molecule has 1 unspecified atom stereocenters. The van der Waals surface area contributed by atoms with Crippen molar-refractivity contribution in [2.75, 3.05) is 30.8 Å². The van der Waals surface area contributed by atoms with Gasteiger partial charge in [0.05, 0.1) is 18.8 Å². The molecule has 1 aliphatic rings. The Hall–Kier alpha value is -2.87. The Balaban J connectivity index is 1.69. The van der Waals surface area contributed by atoms with E-state index in [4.69, 9.17) is 4.74 Å². The average Bonchev–Trinajstić information content (AvgIpc) is 3.13. The van der Waals surface area contributed by atoms with Gasteiger partial charge in [-0.3, -0.25) is 14.3 Å². The van der Waals surface area contributed by atoms with E-state index >= 15 is 0 Å². The van der Waals surface area contributed by atoms with Crippen molar-refractivity contribution in [3.63, 3.8) is 0 Å². The Morgan fingerprint density at radius 3 is 2.85 bits per heavy atom. The summed E-state index contributed by atoms with van der Waals surface area (Å²) in [6.45, 7) is 3.32. The molecule has 2 amide bonds. The minimum absolute atomic E-state index is 0.192. The van der Waals surface area contributed by atoms with Crippen LogP contribution in [0.4, 0.5) is 11.4 Å². The second-order valence-corrected chi connectivity index (χ2v) is 6.23. The first-order valence-corrected chi connectivity index (χ1v) is 8.59. The fraction of sp³-hybridized carbons (Fsp3) is 0.389.